The molecule has 0 bridgehead atoms. The molecule has 2 aliphatic rings. The first kappa shape index (κ1) is 15.3. The molecule has 23 heavy (non-hydrogen) atoms. The van der Waals surface area contributed by atoms with Crippen LogP contribution in [0.15, 0.2) is 46.5 Å². The van der Waals surface area contributed by atoms with Crippen molar-refractivity contribution in [3.63, 3.8) is 0 Å². The number of aliphatic imine (C=N–C) groups is 1. The fourth-order valence-corrected chi connectivity index (χ4v) is 2.49. The van der Waals surface area contributed by atoms with Gasteiger partial charge in [0.25, 0.3) is 0 Å². The number of nitrogens with two attached hydrogens (primary N) is 2. The van der Waals surface area contributed by atoms with E-state index in [9.17, 15) is 13.2 Å². The van der Waals surface area contributed by atoms with E-state index in [4.69, 9.17) is 11.5 Å². The van der Waals surface area contributed by atoms with Crippen LogP contribution in [0.25, 0.3) is 0 Å². The normalized spacial score (nSPS) is 19.0. The van der Waals surface area contributed by atoms with Gasteiger partial charge in [-0.25, -0.2) is 9.98 Å². The predicted octanol–water partition coefficient (Wildman–Crippen LogP) is 1.28. The van der Waals surface area contributed by atoms with Crippen molar-refractivity contribution >= 4 is 11.8 Å². The Morgan fingerprint density at radius 3 is 2.78 bits per heavy atom. The average Bonchev–Trinajstić information content (AvgIpc) is 2.68. The fraction of sp³-hybridized carbons (Fsp3) is 0.286. The van der Waals surface area contributed by atoms with Gasteiger partial charge in [0, 0.05) is 24.6 Å². The zero-order valence-corrected chi connectivity index (χ0v) is 12.1. The molecule has 122 valence electrons. The monoisotopic (exact) mass is 324 g/mol. The third kappa shape index (κ3) is 2.87. The Kier molecular flexibility index (Phi) is 3.72. The van der Waals surface area contributed by atoms with Crippen molar-refractivity contribution in [3.05, 3.63) is 47.1 Å². The summed E-state index contributed by atoms with van der Waals surface area (Å²) in [7, 11) is 0. The predicted molar refractivity (Wildman–Crippen MR) is 80.1 cm³/mol. The maximum atomic E-state index is 13.2. The Morgan fingerprint density at radius 2 is 2.04 bits per heavy atom. The summed E-state index contributed by atoms with van der Waals surface area (Å²) in [5.74, 6) is -0.402. The lowest BCUT2D eigenvalue weighted by atomic mass is 10.1. The Hall–Kier alpha value is -2.55. The van der Waals surface area contributed by atoms with Gasteiger partial charge < -0.3 is 16.8 Å². The molecule has 0 spiro atoms. The zero-order chi connectivity index (χ0) is 16.6. The van der Waals surface area contributed by atoms with Crippen LogP contribution < -0.4 is 21.7 Å². The highest BCUT2D eigenvalue weighted by Crippen LogP contribution is 2.36. The molecule has 0 unspecified atom stereocenters. The largest absolute Gasteiger partial charge is 0.419 e. The summed E-state index contributed by atoms with van der Waals surface area (Å²) in [5, 5.41) is 3.11. The van der Waals surface area contributed by atoms with Crippen molar-refractivity contribution in [2.75, 3.05) is 18.0 Å². The molecule has 1 aromatic rings. The average molecular weight is 324 g/mol. The SMILES string of the molecule is NC1=NC2=C(N)CNCCC2=CN1c1ncccc1C(F)(F)F. The molecule has 5 N–H and O–H groups in total. The van der Waals surface area contributed by atoms with Crippen molar-refractivity contribution in [2.45, 2.75) is 12.6 Å². The number of alkyl halides is 3. The number of nitrogens with one attached hydrogen (secondary N) is 1. The number of hydrogen-bond donors (Lipinski definition) is 3. The van der Waals surface area contributed by atoms with Gasteiger partial charge in [-0.2, -0.15) is 13.2 Å². The molecule has 9 heteroatoms. The minimum atomic E-state index is -4.54. The first-order chi connectivity index (χ1) is 10.9. The van der Waals surface area contributed by atoms with E-state index < -0.39 is 11.7 Å². The van der Waals surface area contributed by atoms with Crippen LogP contribution >= 0.6 is 0 Å². The number of rotatable bonds is 1. The van der Waals surface area contributed by atoms with Crippen LogP contribution in [0, 0.1) is 0 Å². The van der Waals surface area contributed by atoms with Gasteiger partial charge in [-0.15, -0.1) is 0 Å². The Morgan fingerprint density at radius 1 is 1.26 bits per heavy atom. The molecule has 0 atom stereocenters. The summed E-state index contributed by atoms with van der Waals surface area (Å²) in [6.07, 6.45) is -1.15. The number of halogens is 3. The molecule has 0 amide bonds. The second-order valence-electron chi connectivity index (χ2n) is 5.17. The van der Waals surface area contributed by atoms with Gasteiger partial charge in [0.05, 0.1) is 11.3 Å². The van der Waals surface area contributed by atoms with Crippen molar-refractivity contribution in [2.24, 2.45) is 16.5 Å². The fourth-order valence-electron chi connectivity index (χ4n) is 2.49. The molecule has 0 saturated carbocycles. The summed E-state index contributed by atoms with van der Waals surface area (Å²) in [4.78, 5) is 9.18. The molecule has 1 aromatic heterocycles. The number of guanidine groups is 1. The van der Waals surface area contributed by atoms with Gasteiger partial charge in [0.2, 0.25) is 5.96 Å². The number of hydrogen-bond acceptors (Lipinski definition) is 6. The molecular weight excluding hydrogens is 309 g/mol. The summed E-state index contributed by atoms with van der Waals surface area (Å²) >= 11 is 0. The second kappa shape index (κ2) is 5.58. The van der Waals surface area contributed by atoms with Crippen LogP contribution in [-0.4, -0.2) is 24.0 Å². The number of pyridine rings is 1. The highest BCUT2D eigenvalue weighted by atomic mass is 19.4. The Bertz CT molecular complexity index is 719. The number of fused-ring (bicyclic) bond motifs is 1. The van der Waals surface area contributed by atoms with Gasteiger partial charge in [-0.05, 0) is 30.7 Å². The van der Waals surface area contributed by atoms with Crippen molar-refractivity contribution in [3.8, 4) is 0 Å². The van der Waals surface area contributed by atoms with E-state index in [0.717, 1.165) is 16.5 Å². The molecule has 6 nitrogen and oxygen atoms in total. The van der Waals surface area contributed by atoms with E-state index in [-0.39, 0.29) is 11.8 Å². The molecule has 3 rings (SSSR count). The minimum Gasteiger partial charge on any atom is -0.399 e. The summed E-state index contributed by atoms with van der Waals surface area (Å²) < 4.78 is 39.5. The van der Waals surface area contributed by atoms with E-state index in [1.165, 1.54) is 18.5 Å². The topological polar surface area (TPSA) is 92.6 Å². The number of allylic oxidation sites excluding steroid dienone is 1. The van der Waals surface area contributed by atoms with Crippen molar-refractivity contribution in [1.82, 2.24) is 10.3 Å². The standard InChI is InChI=1S/C14H15F3N6/c15-14(16,17)9-2-1-4-21-12(9)23-7-8-3-5-20-6-10(18)11(8)22-13(23)19/h1-2,4,7,20H,3,5-6,18H2,(H2,19,22). The molecule has 0 radical (unpaired) electrons. The quantitative estimate of drug-likeness (QED) is 0.724. The van der Waals surface area contributed by atoms with Crippen LogP contribution in [-0.2, 0) is 6.18 Å². The van der Waals surface area contributed by atoms with E-state index in [2.05, 4.69) is 15.3 Å². The lowest BCUT2D eigenvalue weighted by Crippen LogP contribution is -2.38. The van der Waals surface area contributed by atoms with Gasteiger partial charge in [-0.1, -0.05) is 0 Å². The highest BCUT2D eigenvalue weighted by molar-refractivity contribution is 5.98. The van der Waals surface area contributed by atoms with Crippen molar-refractivity contribution in [1.29, 1.82) is 0 Å². The van der Waals surface area contributed by atoms with Gasteiger partial charge in [0.15, 0.2) is 5.82 Å². The van der Waals surface area contributed by atoms with Gasteiger partial charge in [-0.3, -0.25) is 4.90 Å². The molecule has 3 heterocycles. The summed E-state index contributed by atoms with van der Waals surface area (Å²) in [5.41, 5.74) is 12.7. The number of aromatic nitrogens is 1. The molecule has 2 aliphatic heterocycles. The molecule has 0 aromatic carbocycles. The van der Waals surface area contributed by atoms with Gasteiger partial charge >= 0.3 is 6.18 Å². The van der Waals surface area contributed by atoms with E-state index in [0.29, 0.717) is 30.9 Å². The number of anilines is 1. The smallest absolute Gasteiger partial charge is 0.399 e. The van der Waals surface area contributed by atoms with Crippen LogP contribution in [0.3, 0.4) is 0 Å². The Labute approximate surface area is 130 Å². The lowest BCUT2D eigenvalue weighted by Gasteiger charge is -2.27. The molecule has 0 aliphatic carbocycles. The van der Waals surface area contributed by atoms with Crippen molar-refractivity contribution < 1.29 is 13.2 Å². The highest BCUT2D eigenvalue weighted by Gasteiger charge is 2.37. The first-order valence-corrected chi connectivity index (χ1v) is 6.94. The van der Waals surface area contributed by atoms with E-state index >= 15 is 0 Å². The third-order valence-electron chi connectivity index (χ3n) is 3.57. The van der Waals surface area contributed by atoms with Crippen LogP contribution in [0.1, 0.15) is 12.0 Å². The van der Waals surface area contributed by atoms with Crippen LogP contribution in [0.2, 0.25) is 0 Å². The maximum Gasteiger partial charge on any atom is 0.419 e. The zero-order valence-electron chi connectivity index (χ0n) is 12.1. The second-order valence-corrected chi connectivity index (χ2v) is 5.17. The third-order valence-corrected chi connectivity index (χ3v) is 3.57. The maximum absolute atomic E-state index is 13.2. The minimum absolute atomic E-state index is 0.0993. The van der Waals surface area contributed by atoms with Gasteiger partial charge in [0.1, 0.15) is 0 Å². The first-order valence-electron chi connectivity index (χ1n) is 6.94. The summed E-state index contributed by atoms with van der Waals surface area (Å²) in [6, 6.07) is 2.19. The van der Waals surface area contributed by atoms with Crippen LogP contribution in [0.5, 0.6) is 0 Å². The molecular formula is C14H15F3N6. The number of nitrogens with zero attached hydrogens (tertiary/aromatic N) is 3. The van der Waals surface area contributed by atoms with Crippen LogP contribution in [0.4, 0.5) is 19.0 Å². The molecule has 0 fully saturated rings. The lowest BCUT2D eigenvalue weighted by molar-refractivity contribution is -0.137. The van der Waals surface area contributed by atoms with E-state index in [1.54, 1.807) is 0 Å². The molecule has 0 saturated heterocycles. The Balaban J connectivity index is 2.09. The summed E-state index contributed by atoms with van der Waals surface area (Å²) in [6.45, 7) is 1.11. The van der Waals surface area contributed by atoms with E-state index in [1.807, 2.05) is 0 Å².